The quantitative estimate of drug-likeness (QED) is 0.147. The number of aliphatic hydroxyl groups excluding tert-OH is 1. The van der Waals surface area contributed by atoms with Crippen molar-refractivity contribution in [2.45, 2.75) is 37.8 Å². The van der Waals surface area contributed by atoms with Gasteiger partial charge in [0.2, 0.25) is 5.91 Å². The molecule has 5 nitrogen and oxygen atoms in total. The Kier molecular flexibility index (Phi) is 9.68. The van der Waals surface area contributed by atoms with Gasteiger partial charge in [-0.1, -0.05) is 91.3 Å². The van der Waals surface area contributed by atoms with Gasteiger partial charge in [-0.25, -0.2) is 0 Å². The average Bonchev–Trinajstić information content (AvgIpc) is 2.98. The van der Waals surface area contributed by atoms with Crippen molar-refractivity contribution in [3.8, 4) is 5.75 Å². The van der Waals surface area contributed by atoms with Crippen LogP contribution in [-0.4, -0.2) is 24.7 Å². The third kappa shape index (κ3) is 6.68. The zero-order valence-corrected chi connectivity index (χ0v) is 21.9. The molecule has 0 aromatic heterocycles. The highest BCUT2D eigenvalue weighted by Gasteiger charge is 2.35. The van der Waals surface area contributed by atoms with Gasteiger partial charge in [0.05, 0.1) is 19.3 Å². The molecular formula is C33H36N2O3. The van der Waals surface area contributed by atoms with E-state index in [4.69, 9.17) is 9.84 Å². The maximum atomic E-state index is 12.4. The standard InChI is InChI=1S/C33H36N2O3/c1-38-31-22-18-29(19-23-31)33(27-11-5-2-6-12-27,28-13-7-3-8-14-28)34-24-10-4-9-15-32(37)35-30-20-16-26(25-36)17-21-30/h2-3,5-8,11-14,16-23,34,36H,4,9-10,15,24-25H2,1H3,(H,35,37). The smallest absolute Gasteiger partial charge is 0.224 e. The SMILES string of the molecule is COc1ccc(C(NCCCCCC(=O)Nc2ccc(CO)cc2)(c2ccccc2)c2ccccc2)cc1. The van der Waals surface area contributed by atoms with E-state index >= 15 is 0 Å². The van der Waals surface area contributed by atoms with Crippen LogP contribution in [0.4, 0.5) is 5.69 Å². The topological polar surface area (TPSA) is 70.6 Å². The second kappa shape index (κ2) is 13.6. The molecule has 4 aromatic carbocycles. The summed E-state index contributed by atoms with van der Waals surface area (Å²) in [6.07, 6.45) is 3.17. The molecule has 38 heavy (non-hydrogen) atoms. The molecule has 5 heteroatoms. The predicted molar refractivity (Wildman–Crippen MR) is 153 cm³/mol. The number of amides is 1. The van der Waals surface area contributed by atoms with E-state index in [0.29, 0.717) is 6.42 Å². The number of methoxy groups -OCH3 is 1. The van der Waals surface area contributed by atoms with E-state index in [1.807, 2.05) is 48.5 Å². The number of nitrogens with one attached hydrogen (secondary N) is 2. The number of anilines is 1. The minimum atomic E-state index is -0.521. The van der Waals surface area contributed by atoms with E-state index in [1.165, 1.54) is 11.1 Å². The molecule has 0 saturated carbocycles. The summed E-state index contributed by atoms with van der Waals surface area (Å²) < 4.78 is 5.42. The van der Waals surface area contributed by atoms with Crippen molar-refractivity contribution in [2.24, 2.45) is 0 Å². The number of aliphatic hydroxyl groups is 1. The van der Waals surface area contributed by atoms with Crippen LogP contribution in [0, 0.1) is 0 Å². The Morgan fingerprint density at radius 3 is 1.87 bits per heavy atom. The first-order valence-corrected chi connectivity index (χ1v) is 13.2. The lowest BCUT2D eigenvalue weighted by Crippen LogP contribution is -2.45. The lowest BCUT2D eigenvalue weighted by molar-refractivity contribution is -0.116. The monoisotopic (exact) mass is 508 g/mol. The fraction of sp³-hybridized carbons (Fsp3) is 0.242. The number of hydrogen-bond acceptors (Lipinski definition) is 4. The number of hydrogen-bond donors (Lipinski definition) is 3. The van der Waals surface area contributed by atoms with Gasteiger partial charge >= 0.3 is 0 Å². The van der Waals surface area contributed by atoms with E-state index in [0.717, 1.165) is 48.4 Å². The molecule has 0 aliphatic rings. The molecular weight excluding hydrogens is 472 g/mol. The molecule has 1 amide bonds. The number of rotatable bonds is 13. The molecule has 0 spiro atoms. The number of carbonyl (C=O) groups excluding carboxylic acids is 1. The van der Waals surface area contributed by atoms with Crippen molar-refractivity contribution in [1.82, 2.24) is 5.32 Å². The lowest BCUT2D eigenvalue weighted by atomic mass is 9.77. The minimum absolute atomic E-state index is 0.00342. The second-order valence-corrected chi connectivity index (χ2v) is 9.35. The Labute approximate surface area is 225 Å². The van der Waals surface area contributed by atoms with Crippen LogP contribution in [0.25, 0.3) is 0 Å². The summed E-state index contributed by atoms with van der Waals surface area (Å²) in [5, 5.41) is 16.0. The van der Waals surface area contributed by atoms with Gasteiger partial charge in [-0.2, -0.15) is 0 Å². The van der Waals surface area contributed by atoms with Crippen LogP contribution >= 0.6 is 0 Å². The summed E-state index contributed by atoms with van der Waals surface area (Å²) in [4.78, 5) is 12.4. The Morgan fingerprint density at radius 2 is 1.32 bits per heavy atom. The van der Waals surface area contributed by atoms with E-state index in [9.17, 15) is 4.79 Å². The third-order valence-corrected chi connectivity index (χ3v) is 6.83. The summed E-state index contributed by atoms with van der Waals surface area (Å²) in [6.45, 7) is 0.788. The highest BCUT2D eigenvalue weighted by atomic mass is 16.5. The largest absolute Gasteiger partial charge is 0.497 e. The fourth-order valence-corrected chi connectivity index (χ4v) is 4.80. The van der Waals surface area contributed by atoms with Crippen LogP contribution in [0.2, 0.25) is 0 Å². The molecule has 0 bridgehead atoms. The molecule has 3 N–H and O–H groups in total. The first kappa shape index (κ1) is 27.1. The van der Waals surface area contributed by atoms with Crippen LogP contribution in [0.15, 0.2) is 109 Å². The molecule has 196 valence electrons. The summed E-state index contributed by atoms with van der Waals surface area (Å²) in [5.41, 5.74) is 4.54. The van der Waals surface area contributed by atoms with Gasteiger partial charge in [0, 0.05) is 12.1 Å². The number of benzene rings is 4. The molecule has 0 saturated heterocycles. The van der Waals surface area contributed by atoms with Crippen LogP contribution in [0.3, 0.4) is 0 Å². The first-order chi connectivity index (χ1) is 18.7. The zero-order chi connectivity index (χ0) is 26.6. The average molecular weight is 509 g/mol. The first-order valence-electron chi connectivity index (χ1n) is 13.2. The van der Waals surface area contributed by atoms with E-state index in [1.54, 1.807) is 7.11 Å². The maximum Gasteiger partial charge on any atom is 0.224 e. The fourth-order valence-electron chi connectivity index (χ4n) is 4.80. The Bertz CT molecular complexity index is 1220. The zero-order valence-electron chi connectivity index (χ0n) is 21.9. The summed E-state index contributed by atoms with van der Waals surface area (Å²) >= 11 is 0. The Morgan fingerprint density at radius 1 is 0.737 bits per heavy atom. The van der Waals surface area contributed by atoms with Crippen molar-refractivity contribution in [2.75, 3.05) is 19.0 Å². The van der Waals surface area contributed by atoms with Gasteiger partial charge in [0.15, 0.2) is 0 Å². The molecule has 0 atom stereocenters. The predicted octanol–water partition coefficient (Wildman–Crippen LogP) is 6.27. The van der Waals surface area contributed by atoms with Gasteiger partial charge < -0.3 is 15.2 Å². The third-order valence-electron chi connectivity index (χ3n) is 6.83. The highest BCUT2D eigenvalue weighted by molar-refractivity contribution is 5.90. The van der Waals surface area contributed by atoms with E-state index < -0.39 is 5.54 Å². The summed E-state index contributed by atoms with van der Waals surface area (Å²) in [7, 11) is 1.68. The number of unbranched alkanes of at least 4 members (excludes halogenated alkanes) is 2. The lowest BCUT2D eigenvalue weighted by Gasteiger charge is -2.37. The normalized spacial score (nSPS) is 11.2. The maximum absolute atomic E-state index is 12.4. The van der Waals surface area contributed by atoms with Crippen molar-refractivity contribution < 1.29 is 14.6 Å². The van der Waals surface area contributed by atoms with Gasteiger partial charge in [-0.3, -0.25) is 10.1 Å². The minimum Gasteiger partial charge on any atom is -0.497 e. The van der Waals surface area contributed by atoms with Crippen molar-refractivity contribution in [3.05, 3.63) is 131 Å². The van der Waals surface area contributed by atoms with Crippen LogP contribution in [-0.2, 0) is 16.9 Å². The highest BCUT2D eigenvalue weighted by Crippen LogP contribution is 2.37. The van der Waals surface area contributed by atoms with Gasteiger partial charge in [0.25, 0.3) is 0 Å². The summed E-state index contributed by atoms with van der Waals surface area (Å²) in [6, 6.07) is 36.6. The second-order valence-electron chi connectivity index (χ2n) is 9.35. The number of ether oxygens (including phenoxy) is 1. The van der Waals surface area contributed by atoms with Crippen molar-refractivity contribution in [3.63, 3.8) is 0 Å². The number of carbonyl (C=O) groups is 1. The molecule has 0 heterocycles. The van der Waals surface area contributed by atoms with Gasteiger partial charge in [0.1, 0.15) is 5.75 Å². The molecule has 0 radical (unpaired) electrons. The van der Waals surface area contributed by atoms with Crippen LogP contribution in [0.1, 0.15) is 47.9 Å². The van der Waals surface area contributed by atoms with Crippen LogP contribution in [0.5, 0.6) is 5.75 Å². The van der Waals surface area contributed by atoms with E-state index in [2.05, 4.69) is 71.3 Å². The van der Waals surface area contributed by atoms with E-state index in [-0.39, 0.29) is 12.5 Å². The van der Waals surface area contributed by atoms with Crippen LogP contribution < -0.4 is 15.4 Å². The summed E-state index contributed by atoms with van der Waals surface area (Å²) in [5.74, 6) is 0.835. The van der Waals surface area contributed by atoms with Crippen molar-refractivity contribution >= 4 is 11.6 Å². The Hall–Kier alpha value is -3.93. The molecule has 0 fully saturated rings. The molecule has 0 unspecified atom stereocenters. The Balaban J connectivity index is 1.42. The molecule has 4 rings (SSSR count). The van der Waals surface area contributed by atoms with Gasteiger partial charge in [-0.05, 0) is 65.9 Å². The molecule has 0 aliphatic heterocycles. The molecule has 4 aromatic rings. The van der Waals surface area contributed by atoms with Gasteiger partial charge in [-0.15, -0.1) is 0 Å². The van der Waals surface area contributed by atoms with Crippen molar-refractivity contribution in [1.29, 1.82) is 0 Å². The molecule has 0 aliphatic carbocycles.